The van der Waals surface area contributed by atoms with E-state index in [1.165, 1.54) is 0 Å². The van der Waals surface area contributed by atoms with Crippen molar-refractivity contribution in [3.63, 3.8) is 0 Å². The minimum absolute atomic E-state index is 0.122. The summed E-state index contributed by atoms with van der Waals surface area (Å²) in [5.41, 5.74) is -0.394. The average Bonchev–Trinajstić information content (AvgIpc) is 2.70. The lowest BCUT2D eigenvalue weighted by molar-refractivity contribution is -0.181. The summed E-state index contributed by atoms with van der Waals surface area (Å²) in [5.74, 6) is -0.871. The monoisotopic (exact) mass is 300 g/mol. The molecule has 2 fully saturated rings. The van der Waals surface area contributed by atoms with Crippen LogP contribution in [0.25, 0.3) is 0 Å². The van der Waals surface area contributed by atoms with E-state index in [1.807, 2.05) is 6.92 Å². The molecule has 4 atom stereocenters. The molecule has 2 rings (SSSR count). The molecule has 0 spiro atoms. The topological polar surface area (TPSA) is 93.1 Å². The summed E-state index contributed by atoms with van der Waals surface area (Å²) in [5, 5.41) is 19.2. The highest BCUT2D eigenvalue weighted by Crippen LogP contribution is 2.49. The maximum absolute atomic E-state index is 12.3. The van der Waals surface area contributed by atoms with E-state index in [9.17, 15) is 19.8 Å². The summed E-state index contributed by atoms with van der Waals surface area (Å²) < 4.78 is 10.4. The molecule has 3 unspecified atom stereocenters. The van der Waals surface area contributed by atoms with Gasteiger partial charge in [0, 0.05) is 0 Å². The van der Waals surface area contributed by atoms with E-state index in [4.69, 9.17) is 9.47 Å². The summed E-state index contributed by atoms with van der Waals surface area (Å²) in [6, 6.07) is 0. The molecule has 1 heterocycles. The maximum atomic E-state index is 12.3. The first-order valence-electron chi connectivity index (χ1n) is 7.32. The highest BCUT2D eigenvalue weighted by molar-refractivity contribution is 5.85. The van der Waals surface area contributed by atoms with Gasteiger partial charge in [0.2, 0.25) is 0 Å². The van der Waals surface area contributed by atoms with Crippen LogP contribution < -0.4 is 0 Å². The van der Waals surface area contributed by atoms with Gasteiger partial charge in [0.15, 0.2) is 5.78 Å². The van der Waals surface area contributed by atoms with Gasteiger partial charge in [-0.15, -0.1) is 0 Å². The molecule has 1 aliphatic heterocycles. The van der Waals surface area contributed by atoms with Crippen LogP contribution in [0, 0.1) is 10.8 Å². The molecular weight excluding hydrogens is 276 g/mol. The molecule has 2 aliphatic rings. The highest BCUT2D eigenvalue weighted by atomic mass is 16.6. The second kappa shape index (κ2) is 5.66. The SMILES string of the molecule is CC1(C)CCC(C)(C(=O)OCC2OCC(=O)C(O)[C@@H]2O)C1. The fourth-order valence-corrected chi connectivity index (χ4v) is 3.27. The van der Waals surface area contributed by atoms with Crippen LogP contribution in [-0.4, -0.2) is 53.5 Å². The normalized spacial score (nSPS) is 39.3. The van der Waals surface area contributed by atoms with E-state index in [0.717, 1.165) is 19.3 Å². The molecule has 6 heteroatoms. The molecule has 21 heavy (non-hydrogen) atoms. The van der Waals surface area contributed by atoms with Crippen LogP contribution in [0.1, 0.15) is 40.0 Å². The summed E-state index contributed by atoms with van der Waals surface area (Å²) >= 11 is 0. The van der Waals surface area contributed by atoms with Gasteiger partial charge in [0.05, 0.1) is 5.41 Å². The number of aliphatic hydroxyl groups is 2. The Hall–Kier alpha value is -0.980. The van der Waals surface area contributed by atoms with Crippen molar-refractivity contribution in [3.05, 3.63) is 0 Å². The summed E-state index contributed by atoms with van der Waals surface area (Å²) in [7, 11) is 0. The Balaban J connectivity index is 1.89. The van der Waals surface area contributed by atoms with Crippen molar-refractivity contribution in [1.29, 1.82) is 0 Å². The molecule has 0 aromatic carbocycles. The fourth-order valence-electron chi connectivity index (χ4n) is 3.27. The van der Waals surface area contributed by atoms with Gasteiger partial charge in [0.25, 0.3) is 0 Å². The van der Waals surface area contributed by atoms with Crippen LogP contribution in [0.15, 0.2) is 0 Å². The molecule has 1 aliphatic carbocycles. The Morgan fingerprint density at radius 1 is 1.33 bits per heavy atom. The number of hydrogen-bond donors (Lipinski definition) is 2. The number of rotatable bonds is 3. The van der Waals surface area contributed by atoms with Crippen molar-refractivity contribution >= 4 is 11.8 Å². The Morgan fingerprint density at radius 3 is 2.57 bits per heavy atom. The van der Waals surface area contributed by atoms with Gasteiger partial charge in [-0.1, -0.05) is 13.8 Å². The second-order valence-electron chi connectivity index (χ2n) is 7.25. The van der Waals surface area contributed by atoms with Crippen molar-refractivity contribution in [2.24, 2.45) is 10.8 Å². The molecule has 1 saturated carbocycles. The van der Waals surface area contributed by atoms with E-state index < -0.39 is 29.5 Å². The predicted molar refractivity (Wildman–Crippen MR) is 73.5 cm³/mol. The largest absolute Gasteiger partial charge is 0.462 e. The average molecular weight is 300 g/mol. The van der Waals surface area contributed by atoms with Crippen LogP contribution in [0.2, 0.25) is 0 Å². The standard InChI is InChI=1S/C15H24O6/c1-14(2)4-5-15(3,8-14)13(19)21-7-10-12(18)11(17)9(16)6-20-10/h10-12,17-18H,4-8H2,1-3H3/t10?,11?,12-,15?/m1/s1. The molecule has 0 aromatic rings. The molecule has 0 aromatic heterocycles. The highest BCUT2D eigenvalue weighted by Gasteiger charge is 2.46. The quantitative estimate of drug-likeness (QED) is 0.735. The Kier molecular flexibility index (Phi) is 4.42. The first-order valence-corrected chi connectivity index (χ1v) is 7.32. The Bertz CT molecular complexity index is 432. The van der Waals surface area contributed by atoms with Gasteiger partial charge in [-0.3, -0.25) is 9.59 Å². The van der Waals surface area contributed by atoms with Crippen LogP contribution in [-0.2, 0) is 19.1 Å². The van der Waals surface area contributed by atoms with E-state index in [1.54, 1.807) is 0 Å². The van der Waals surface area contributed by atoms with Crippen LogP contribution in [0.5, 0.6) is 0 Å². The van der Waals surface area contributed by atoms with Crippen LogP contribution >= 0.6 is 0 Å². The van der Waals surface area contributed by atoms with Gasteiger partial charge in [0.1, 0.15) is 31.5 Å². The lowest BCUT2D eigenvalue weighted by atomic mass is 9.83. The first kappa shape index (κ1) is 16.4. The van der Waals surface area contributed by atoms with Gasteiger partial charge in [-0.25, -0.2) is 0 Å². The Morgan fingerprint density at radius 2 is 2.00 bits per heavy atom. The number of esters is 1. The number of carbonyl (C=O) groups excluding carboxylic acids is 2. The van der Waals surface area contributed by atoms with Gasteiger partial charge < -0.3 is 19.7 Å². The number of hydrogen-bond acceptors (Lipinski definition) is 6. The zero-order chi connectivity index (χ0) is 15.8. The summed E-state index contributed by atoms with van der Waals surface area (Å²) in [6.45, 7) is 5.72. The van der Waals surface area contributed by atoms with Crippen LogP contribution in [0.3, 0.4) is 0 Å². The van der Waals surface area contributed by atoms with Crippen molar-refractivity contribution in [1.82, 2.24) is 0 Å². The maximum Gasteiger partial charge on any atom is 0.311 e. The Labute approximate surface area is 124 Å². The zero-order valence-corrected chi connectivity index (χ0v) is 12.8. The third-order valence-electron chi connectivity index (χ3n) is 4.57. The zero-order valence-electron chi connectivity index (χ0n) is 12.8. The smallest absolute Gasteiger partial charge is 0.311 e. The number of carbonyl (C=O) groups is 2. The molecule has 6 nitrogen and oxygen atoms in total. The van der Waals surface area contributed by atoms with E-state index in [0.29, 0.717) is 0 Å². The number of ether oxygens (including phenoxy) is 2. The fraction of sp³-hybridized carbons (Fsp3) is 0.867. The summed E-state index contributed by atoms with van der Waals surface area (Å²) in [4.78, 5) is 23.4. The van der Waals surface area contributed by atoms with Crippen LogP contribution in [0.4, 0.5) is 0 Å². The summed E-state index contributed by atoms with van der Waals surface area (Å²) in [6.07, 6.45) is -1.19. The number of ketones is 1. The van der Waals surface area contributed by atoms with Gasteiger partial charge in [-0.05, 0) is 31.6 Å². The van der Waals surface area contributed by atoms with E-state index in [-0.39, 0.29) is 24.6 Å². The third kappa shape index (κ3) is 3.44. The van der Waals surface area contributed by atoms with E-state index >= 15 is 0 Å². The first-order chi connectivity index (χ1) is 9.65. The predicted octanol–water partition coefficient (Wildman–Crippen LogP) is 0.436. The molecule has 0 bridgehead atoms. The third-order valence-corrected chi connectivity index (χ3v) is 4.57. The number of aliphatic hydroxyl groups excluding tert-OH is 2. The molecular formula is C15H24O6. The van der Waals surface area contributed by atoms with Crippen molar-refractivity contribution in [3.8, 4) is 0 Å². The molecule has 120 valence electrons. The molecule has 0 radical (unpaired) electrons. The lowest BCUT2D eigenvalue weighted by Gasteiger charge is -2.31. The number of Topliss-reactive ketones (excluding diaryl/α,β-unsaturated/α-hetero) is 1. The minimum Gasteiger partial charge on any atom is -0.462 e. The van der Waals surface area contributed by atoms with Crippen molar-refractivity contribution < 1.29 is 29.3 Å². The van der Waals surface area contributed by atoms with Crippen molar-refractivity contribution in [2.75, 3.05) is 13.2 Å². The molecule has 0 amide bonds. The van der Waals surface area contributed by atoms with Gasteiger partial charge >= 0.3 is 5.97 Å². The molecule has 1 saturated heterocycles. The second-order valence-corrected chi connectivity index (χ2v) is 7.25. The molecule has 2 N–H and O–H groups in total. The lowest BCUT2D eigenvalue weighted by Crippen LogP contribution is -2.52. The van der Waals surface area contributed by atoms with E-state index in [2.05, 4.69) is 13.8 Å². The minimum atomic E-state index is -1.47. The van der Waals surface area contributed by atoms with Gasteiger partial charge in [-0.2, -0.15) is 0 Å². The van der Waals surface area contributed by atoms with Crippen molar-refractivity contribution in [2.45, 2.75) is 58.3 Å².